The van der Waals surface area contributed by atoms with Gasteiger partial charge in [-0.2, -0.15) is 0 Å². The van der Waals surface area contributed by atoms with Gasteiger partial charge in [0.1, 0.15) is 5.75 Å². The molecule has 2 rings (SSSR count). The molecular weight excluding hydrogens is 324 g/mol. The fourth-order valence-corrected chi connectivity index (χ4v) is 2.34. The summed E-state index contributed by atoms with van der Waals surface area (Å²) in [5.41, 5.74) is 3.14. The minimum absolute atomic E-state index is 0.00730. The van der Waals surface area contributed by atoms with E-state index in [0.717, 1.165) is 16.8 Å². The second-order valence-electron chi connectivity index (χ2n) is 6.01. The van der Waals surface area contributed by atoms with Gasteiger partial charge in [-0.3, -0.25) is 4.79 Å². The summed E-state index contributed by atoms with van der Waals surface area (Å²) in [4.78, 5) is 15.9. The van der Waals surface area contributed by atoms with E-state index in [-0.39, 0.29) is 12.5 Å². The van der Waals surface area contributed by atoms with E-state index in [0.29, 0.717) is 17.3 Å². The van der Waals surface area contributed by atoms with Crippen molar-refractivity contribution in [2.24, 2.45) is 0 Å². The van der Waals surface area contributed by atoms with Crippen molar-refractivity contribution >= 4 is 23.2 Å². The van der Waals surface area contributed by atoms with Crippen LogP contribution in [0.25, 0.3) is 0 Å². The fraction of sp³-hybridized carbons (Fsp3) is 0.316. The smallest absolute Gasteiger partial charge is 0.260 e. The summed E-state index contributed by atoms with van der Waals surface area (Å²) in [5, 5.41) is 0.687. The number of amides is 1. The number of likely N-dealkylation sites (N-methyl/N-ethyl adjacent to an activating group) is 1. The van der Waals surface area contributed by atoms with Crippen LogP contribution >= 0.6 is 11.6 Å². The van der Waals surface area contributed by atoms with Gasteiger partial charge in [0.15, 0.2) is 6.61 Å². The summed E-state index contributed by atoms with van der Waals surface area (Å²) in [5.74, 6) is 0.577. The Bertz CT molecular complexity index is 699. The third kappa shape index (κ3) is 4.90. The van der Waals surface area contributed by atoms with Gasteiger partial charge in [0.2, 0.25) is 0 Å². The zero-order valence-corrected chi connectivity index (χ0v) is 15.3. The van der Waals surface area contributed by atoms with E-state index in [2.05, 4.69) is 0 Å². The molecular formula is C19H23ClN2O2. The third-order valence-electron chi connectivity index (χ3n) is 3.79. The quantitative estimate of drug-likeness (QED) is 0.798. The average Bonchev–Trinajstić information content (AvgIpc) is 2.56. The highest BCUT2D eigenvalue weighted by Gasteiger charge is 2.11. The Morgan fingerprint density at radius 3 is 2.33 bits per heavy atom. The molecule has 0 saturated carbocycles. The van der Waals surface area contributed by atoms with Crippen LogP contribution in [0.1, 0.15) is 11.1 Å². The fourth-order valence-electron chi connectivity index (χ4n) is 2.22. The molecule has 0 spiro atoms. The van der Waals surface area contributed by atoms with Crippen molar-refractivity contribution in [2.75, 3.05) is 32.6 Å². The molecule has 0 N–H and O–H groups in total. The van der Waals surface area contributed by atoms with Crippen LogP contribution in [-0.2, 0) is 11.3 Å². The summed E-state index contributed by atoms with van der Waals surface area (Å²) < 4.78 is 5.56. The Kier molecular flexibility index (Phi) is 6.10. The van der Waals surface area contributed by atoms with Crippen LogP contribution in [0.3, 0.4) is 0 Å². The molecule has 5 heteroatoms. The lowest BCUT2D eigenvalue weighted by Gasteiger charge is -2.19. The number of rotatable bonds is 6. The second kappa shape index (κ2) is 8.06. The molecule has 0 aliphatic carbocycles. The van der Waals surface area contributed by atoms with Crippen molar-refractivity contribution < 1.29 is 9.53 Å². The minimum atomic E-state index is -0.0701. The number of carbonyl (C=O) groups excluding carboxylic acids is 1. The van der Waals surface area contributed by atoms with Crippen molar-refractivity contribution in [1.29, 1.82) is 0 Å². The van der Waals surface area contributed by atoms with Crippen LogP contribution in [0.5, 0.6) is 5.75 Å². The van der Waals surface area contributed by atoms with Crippen molar-refractivity contribution in [3.05, 3.63) is 58.6 Å². The molecule has 0 atom stereocenters. The Morgan fingerprint density at radius 1 is 1.08 bits per heavy atom. The number of ether oxygens (including phenoxy) is 1. The molecule has 2 aromatic carbocycles. The minimum Gasteiger partial charge on any atom is -0.484 e. The topological polar surface area (TPSA) is 32.8 Å². The van der Waals surface area contributed by atoms with Crippen LogP contribution in [0.4, 0.5) is 5.69 Å². The van der Waals surface area contributed by atoms with E-state index in [1.807, 2.05) is 56.3 Å². The molecule has 2 aromatic rings. The van der Waals surface area contributed by atoms with Gasteiger partial charge >= 0.3 is 0 Å². The molecule has 0 unspecified atom stereocenters. The lowest BCUT2D eigenvalue weighted by molar-refractivity contribution is -0.132. The van der Waals surface area contributed by atoms with Gasteiger partial charge in [0.25, 0.3) is 5.91 Å². The molecule has 128 valence electrons. The number of halogens is 1. The van der Waals surface area contributed by atoms with E-state index in [4.69, 9.17) is 16.3 Å². The first-order chi connectivity index (χ1) is 11.4. The van der Waals surface area contributed by atoms with Gasteiger partial charge in [-0.25, -0.2) is 0 Å². The maximum Gasteiger partial charge on any atom is 0.260 e. The van der Waals surface area contributed by atoms with Gasteiger partial charge in [-0.05, 0) is 48.4 Å². The first-order valence-corrected chi connectivity index (χ1v) is 8.14. The van der Waals surface area contributed by atoms with Gasteiger partial charge in [0, 0.05) is 38.4 Å². The van der Waals surface area contributed by atoms with Crippen LogP contribution in [0, 0.1) is 6.92 Å². The highest BCUT2D eigenvalue weighted by molar-refractivity contribution is 6.31. The maximum absolute atomic E-state index is 12.2. The molecule has 0 aliphatic heterocycles. The van der Waals surface area contributed by atoms with Crippen molar-refractivity contribution in [2.45, 2.75) is 13.5 Å². The molecule has 0 bridgehead atoms. The first-order valence-electron chi connectivity index (χ1n) is 7.76. The van der Waals surface area contributed by atoms with Gasteiger partial charge in [-0.1, -0.05) is 23.7 Å². The highest BCUT2D eigenvalue weighted by atomic mass is 35.5. The van der Waals surface area contributed by atoms with Crippen molar-refractivity contribution in [3.8, 4) is 5.75 Å². The summed E-state index contributed by atoms with van der Waals surface area (Å²) in [6.07, 6.45) is 0. The molecule has 24 heavy (non-hydrogen) atoms. The number of anilines is 1. The van der Waals surface area contributed by atoms with Crippen LogP contribution in [-0.4, -0.2) is 38.6 Å². The Labute approximate surface area is 148 Å². The zero-order chi connectivity index (χ0) is 17.7. The molecule has 0 heterocycles. The van der Waals surface area contributed by atoms with Gasteiger partial charge in [0.05, 0.1) is 0 Å². The molecule has 1 amide bonds. The van der Waals surface area contributed by atoms with E-state index in [1.54, 1.807) is 24.1 Å². The standard InChI is InChI=1S/C19H23ClN2O2/c1-14-11-17(9-10-18(14)20)24-13-19(23)22(4)12-15-5-7-16(8-6-15)21(2)3/h5-11H,12-13H2,1-4H3. The molecule has 0 aromatic heterocycles. The lowest BCUT2D eigenvalue weighted by atomic mass is 10.2. The van der Waals surface area contributed by atoms with Crippen LogP contribution in [0.15, 0.2) is 42.5 Å². The normalized spacial score (nSPS) is 10.4. The molecule has 0 radical (unpaired) electrons. The largest absolute Gasteiger partial charge is 0.484 e. The number of hydrogen-bond acceptors (Lipinski definition) is 3. The van der Waals surface area contributed by atoms with Crippen molar-refractivity contribution in [3.63, 3.8) is 0 Å². The summed E-state index contributed by atoms with van der Waals surface area (Å²) in [6, 6.07) is 13.5. The maximum atomic E-state index is 12.2. The molecule has 0 fully saturated rings. The second-order valence-corrected chi connectivity index (χ2v) is 6.42. The van der Waals surface area contributed by atoms with Gasteiger partial charge in [-0.15, -0.1) is 0 Å². The average molecular weight is 347 g/mol. The Balaban J connectivity index is 1.88. The molecule has 4 nitrogen and oxygen atoms in total. The van der Waals surface area contributed by atoms with Crippen LogP contribution < -0.4 is 9.64 Å². The lowest BCUT2D eigenvalue weighted by Crippen LogP contribution is -2.30. The molecule has 0 aliphatic rings. The highest BCUT2D eigenvalue weighted by Crippen LogP contribution is 2.21. The first kappa shape index (κ1) is 18.1. The zero-order valence-electron chi connectivity index (χ0n) is 14.5. The van der Waals surface area contributed by atoms with E-state index < -0.39 is 0 Å². The number of hydrogen-bond donors (Lipinski definition) is 0. The number of nitrogens with zero attached hydrogens (tertiary/aromatic N) is 2. The summed E-state index contributed by atoms with van der Waals surface area (Å²) in [6.45, 7) is 2.46. The van der Waals surface area contributed by atoms with E-state index in [9.17, 15) is 4.79 Å². The van der Waals surface area contributed by atoms with Crippen LogP contribution in [0.2, 0.25) is 5.02 Å². The number of carbonyl (C=O) groups is 1. The van der Waals surface area contributed by atoms with E-state index >= 15 is 0 Å². The number of aryl methyl sites for hydroxylation is 1. The summed E-state index contributed by atoms with van der Waals surface area (Å²) >= 11 is 5.98. The predicted molar refractivity (Wildman–Crippen MR) is 98.9 cm³/mol. The Hall–Kier alpha value is -2.20. The summed E-state index contributed by atoms with van der Waals surface area (Å²) in [7, 11) is 5.78. The van der Waals surface area contributed by atoms with Gasteiger partial charge < -0.3 is 14.5 Å². The monoisotopic (exact) mass is 346 g/mol. The third-order valence-corrected chi connectivity index (χ3v) is 4.21. The predicted octanol–water partition coefficient (Wildman–Crippen LogP) is 3.75. The number of benzene rings is 2. The Morgan fingerprint density at radius 2 is 1.75 bits per heavy atom. The SMILES string of the molecule is Cc1cc(OCC(=O)N(C)Cc2ccc(N(C)C)cc2)ccc1Cl. The molecule has 0 saturated heterocycles. The van der Waals surface area contributed by atoms with E-state index in [1.165, 1.54) is 0 Å². The van der Waals surface area contributed by atoms with Crippen molar-refractivity contribution in [1.82, 2.24) is 4.90 Å².